The van der Waals surface area contributed by atoms with Crippen molar-refractivity contribution in [2.24, 2.45) is 0 Å². The van der Waals surface area contributed by atoms with Gasteiger partial charge in [-0.2, -0.15) is 0 Å². The molecule has 1 fully saturated rings. The maximum Gasteiger partial charge on any atom is 0.237 e. The summed E-state index contributed by atoms with van der Waals surface area (Å²) in [6.07, 6.45) is 3.75. The van der Waals surface area contributed by atoms with E-state index in [0.29, 0.717) is 23.6 Å². The Balaban J connectivity index is 0.872. The van der Waals surface area contributed by atoms with Crippen LogP contribution in [0.15, 0.2) is 108 Å². The molecule has 1 N–H and O–H groups in total. The molecule has 1 aliphatic heterocycles. The van der Waals surface area contributed by atoms with Gasteiger partial charge >= 0.3 is 0 Å². The second kappa shape index (κ2) is 14.5. The molecule has 0 saturated carbocycles. The number of rotatable bonds is 11. The molecular formula is C40H32N6O5S2. The fourth-order valence-corrected chi connectivity index (χ4v) is 8.25. The van der Waals surface area contributed by atoms with E-state index in [2.05, 4.69) is 10.3 Å². The topological polar surface area (TPSA) is 139 Å². The first-order valence-electron chi connectivity index (χ1n) is 17.0. The fourth-order valence-electron chi connectivity index (χ4n) is 6.33. The molecule has 0 spiro atoms. The highest BCUT2D eigenvalue weighted by atomic mass is 32.1. The largest absolute Gasteiger partial charge is 0.449 e. The smallest absolute Gasteiger partial charge is 0.237 e. The molecule has 1 aliphatic rings. The molecule has 1 saturated heterocycles. The standard InChI is InChI=1S/C40H32N6O5S2/c1-45(28-13-8-25(9-14-28)38-43-31-4-2-3-5-33(31)52-38)36(48)18-19-46-37(49)21-30(40(46)50)26-10-16-34-32(20-26)44-39(53-34)24-6-11-27(12-7-24)42-35(47)17-15-29-22-41-23-51-29/h2-14,16,20,22-23,30H,15,17-19,21H2,1H3,(H,42,47). The summed E-state index contributed by atoms with van der Waals surface area (Å²) < 4.78 is 7.25. The van der Waals surface area contributed by atoms with Crippen molar-refractivity contribution in [1.82, 2.24) is 19.9 Å². The molecule has 7 aromatic rings. The molecule has 4 heterocycles. The molecule has 0 bridgehead atoms. The number of carbonyl (C=O) groups is 4. The number of likely N-dealkylation sites (tertiary alicyclic amines) is 1. The number of benzene rings is 4. The van der Waals surface area contributed by atoms with E-state index in [0.717, 1.165) is 47.1 Å². The number of hydrogen-bond donors (Lipinski definition) is 1. The summed E-state index contributed by atoms with van der Waals surface area (Å²) >= 11 is 3.14. The number of imide groups is 1. The van der Waals surface area contributed by atoms with Gasteiger partial charge in [-0.15, -0.1) is 22.7 Å². The van der Waals surface area contributed by atoms with Crippen molar-refractivity contribution < 1.29 is 23.6 Å². The van der Waals surface area contributed by atoms with Crippen molar-refractivity contribution in [3.8, 4) is 21.1 Å². The molecule has 11 nitrogen and oxygen atoms in total. The molecule has 264 valence electrons. The first-order chi connectivity index (χ1) is 25.8. The van der Waals surface area contributed by atoms with Crippen LogP contribution in [0.5, 0.6) is 0 Å². The lowest BCUT2D eigenvalue weighted by atomic mass is 9.97. The van der Waals surface area contributed by atoms with Crippen LogP contribution in [0.1, 0.15) is 36.5 Å². The quantitative estimate of drug-likeness (QED) is 0.133. The monoisotopic (exact) mass is 740 g/mol. The molecule has 53 heavy (non-hydrogen) atoms. The predicted octanol–water partition coefficient (Wildman–Crippen LogP) is 7.69. The SMILES string of the molecule is CN(C(=O)CCN1C(=O)CC(c2ccc3sc(-c4ccc(NC(=O)CCc5cnco5)cc4)nc3c2)C1=O)c1ccc(-c2nc3ccccc3s2)cc1. The molecule has 0 radical (unpaired) electrons. The number of thiazole rings is 2. The van der Waals surface area contributed by atoms with E-state index >= 15 is 0 Å². The van der Waals surface area contributed by atoms with Crippen LogP contribution < -0.4 is 10.2 Å². The Morgan fingerprint density at radius 2 is 1.57 bits per heavy atom. The number of fused-ring (bicyclic) bond motifs is 2. The molecule has 8 rings (SSSR count). The fraction of sp³-hybridized carbons (Fsp3) is 0.175. The van der Waals surface area contributed by atoms with Gasteiger partial charge in [0.2, 0.25) is 23.6 Å². The molecule has 0 aliphatic carbocycles. The maximum atomic E-state index is 13.5. The number of amides is 4. The lowest BCUT2D eigenvalue weighted by Crippen LogP contribution is -2.35. The van der Waals surface area contributed by atoms with Gasteiger partial charge < -0.3 is 14.6 Å². The van der Waals surface area contributed by atoms with Gasteiger partial charge in [0, 0.05) is 61.8 Å². The van der Waals surface area contributed by atoms with Crippen molar-refractivity contribution in [3.63, 3.8) is 0 Å². The van der Waals surface area contributed by atoms with Gasteiger partial charge in [-0.1, -0.05) is 18.2 Å². The number of anilines is 2. The average Bonchev–Trinajstić information content (AvgIpc) is 3.99. The maximum absolute atomic E-state index is 13.5. The van der Waals surface area contributed by atoms with E-state index in [1.54, 1.807) is 29.5 Å². The van der Waals surface area contributed by atoms with Gasteiger partial charge in [0.15, 0.2) is 6.39 Å². The van der Waals surface area contributed by atoms with Crippen LogP contribution >= 0.6 is 22.7 Å². The molecule has 4 aromatic carbocycles. The molecule has 1 unspecified atom stereocenters. The van der Waals surface area contributed by atoms with Gasteiger partial charge in [-0.05, 0) is 78.4 Å². The summed E-state index contributed by atoms with van der Waals surface area (Å²) in [5, 5.41) is 4.60. The van der Waals surface area contributed by atoms with Gasteiger partial charge in [-0.25, -0.2) is 15.0 Å². The summed E-state index contributed by atoms with van der Waals surface area (Å²) in [6.45, 7) is 0.0160. The number of oxazole rings is 1. The van der Waals surface area contributed by atoms with Gasteiger partial charge in [-0.3, -0.25) is 24.1 Å². The zero-order valence-corrected chi connectivity index (χ0v) is 30.2. The Hall–Kier alpha value is -6.05. The molecule has 3 aromatic heterocycles. The van der Waals surface area contributed by atoms with E-state index in [-0.39, 0.29) is 49.4 Å². The second-order valence-corrected chi connectivity index (χ2v) is 14.8. The third-order valence-corrected chi connectivity index (χ3v) is 11.4. The van der Waals surface area contributed by atoms with E-state index in [9.17, 15) is 19.2 Å². The van der Waals surface area contributed by atoms with E-state index < -0.39 is 5.92 Å². The van der Waals surface area contributed by atoms with Crippen LogP contribution in [0.2, 0.25) is 0 Å². The minimum atomic E-state index is -0.633. The Bertz CT molecular complexity index is 2440. The molecule has 1 atom stereocenters. The number of hydrogen-bond acceptors (Lipinski definition) is 10. The first kappa shape index (κ1) is 34.1. The summed E-state index contributed by atoms with van der Waals surface area (Å²) in [7, 11) is 1.69. The average molecular weight is 741 g/mol. The number of para-hydroxylation sites is 1. The molecule has 4 amide bonds. The third kappa shape index (κ3) is 7.21. The van der Waals surface area contributed by atoms with E-state index in [1.807, 2.05) is 91.0 Å². The summed E-state index contributed by atoms with van der Waals surface area (Å²) in [6, 6.07) is 28.8. The third-order valence-electron chi connectivity index (χ3n) is 9.27. The number of aromatic nitrogens is 3. The van der Waals surface area contributed by atoms with E-state index in [1.165, 1.54) is 22.6 Å². The Kier molecular flexibility index (Phi) is 9.33. The highest BCUT2D eigenvalue weighted by Crippen LogP contribution is 2.36. The predicted molar refractivity (Wildman–Crippen MR) is 206 cm³/mol. The van der Waals surface area contributed by atoms with Crippen LogP contribution in [-0.4, -0.2) is 57.1 Å². The van der Waals surface area contributed by atoms with Crippen LogP contribution in [0, 0.1) is 0 Å². The summed E-state index contributed by atoms with van der Waals surface area (Å²) in [5.74, 6) is -0.893. The van der Waals surface area contributed by atoms with Crippen molar-refractivity contribution in [2.45, 2.75) is 31.6 Å². The lowest BCUT2D eigenvalue weighted by molar-refractivity contribution is -0.139. The molecule has 13 heteroatoms. The Morgan fingerprint density at radius 3 is 2.28 bits per heavy atom. The van der Waals surface area contributed by atoms with Crippen LogP contribution in [0.25, 0.3) is 41.6 Å². The van der Waals surface area contributed by atoms with Gasteiger partial charge in [0.05, 0.1) is 32.5 Å². The van der Waals surface area contributed by atoms with Crippen molar-refractivity contribution in [2.75, 3.05) is 23.8 Å². The van der Waals surface area contributed by atoms with Gasteiger partial charge in [0.1, 0.15) is 15.8 Å². The minimum Gasteiger partial charge on any atom is -0.449 e. The van der Waals surface area contributed by atoms with Crippen molar-refractivity contribution in [1.29, 1.82) is 0 Å². The Labute approximate surface area is 311 Å². The van der Waals surface area contributed by atoms with Crippen molar-refractivity contribution in [3.05, 3.63) is 115 Å². The number of nitrogens with zero attached hydrogens (tertiary/aromatic N) is 5. The van der Waals surface area contributed by atoms with Gasteiger partial charge in [0.25, 0.3) is 0 Å². The summed E-state index contributed by atoms with van der Waals surface area (Å²) in [4.78, 5) is 68.2. The summed E-state index contributed by atoms with van der Waals surface area (Å²) in [5.41, 5.74) is 5.66. The lowest BCUT2D eigenvalue weighted by Gasteiger charge is -2.20. The number of carbonyl (C=O) groups excluding carboxylic acids is 4. The zero-order valence-electron chi connectivity index (χ0n) is 28.5. The van der Waals surface area contributed by atoms with E-state index in [4.69, 9.17) is 14.4 Å². The Morgan fingerprint density at radius 1 is 0.868 bits per heavy atom. The highest BCUT2D eigenvalue weighted by molar-refractivity contribution is 7.22. The van der Waals surface area contributed by atoms with Crippen LogP contribution in [-0.2, 0) is 25.6 Å². The second-order valence-electron chi connectivity index (χ2n) is 12.7. The van der Waals surface area contributed by atoms with Crippen molar-refractivity contribution >= 4 is 78.1 Å². The number of nitrogens with one attached hydrogen (secondary N) is 1. The molecular weight excluding hydrogens is 709 g/mol. The van der Waals surface area contributed by atoms with Crippen LogP contribution in [0.3, 0.4) is 0 Å². The van der Waals surface area contributed by atoms with Crippen LogP contribution in [0.4, 0.5) is 11.4 Å². The first-order valence-corrected chi connectivity index (χ1v) is 18.7. The highest BCUT2D eigenvalue weighted by Gasteiger charge is 2.39. The number of aryl methyl sites for hydroxylation is 1. The zero-order chi connectivity index (χ0) is 36.5. The minimum absolute atomic E-state index is 0.0138. The normalized spacial score (nSPS) is 14.4.